The Hall–Kier alpha value is -1.10. The van der Waals surface area contributed by atoms with Crippen LogP contribution in [0.4, 0.5) is 0 Å². The molecule has 4 nitrogen and oxygen atoms in total. The van der Waals surface area contributed by atoms with E-state index in [-0.39, 0.29) is 24.4 Å². The minimum absolute atomic E-state index is 0. The van der Waals surface area contributed by atoms with Crippen LogP contribution < -0.4 is 5.73 Å². The monoisotopic (exact) mass is 311 g/mol. The van der Waals surface area contributed by atoms with E-state index in [1.807, 2.05) is 36.9 Å². The van der Waals surface area contributed by atoms with E-state index in [1.165, 1.54) is 5.56 Å². The van der Waals surface area contributed by atoms with Gasteiger partial charge in [0, 0.05) is 38.1 Å². The van der Waals surface area contributed by atoms with Crippen molar-refractivity contribution in [2.75, 3.05) is 32.7 Å². The largest absolute Gasteiger partial charge is 0.342 e. The van der Waals surface area contributed by atoms with Gasteiger partial charge in [0.15, 0.2) is 0 Å². The molecule has 1 aromatic rings. The molecular formula is C16H26ClN3O. The van der Waals surface area contributed by atoms with Gasteiger partial charge >= 0.3 is 0 Å². The van der Waals surface area contributed by atoms with Crippen LogP contribution in [-0.2, 0) is 4.79 Å². The number of rotatable bonds is 5. The number of benzene rings is 1. The average molecular weight is 312 g/mol. The third-order valence-electron chi connectivity index (χ3n) is 4.14. The summed E-state index contributed by atoms with van der Waals surface area (Å²) in [6.07, 6.45) is 0. The van der Waals surface area contributed by atoms with E-state index in [9.17, 15) is 4.79 Å². The number of likely N-dealkylation sites (tertiary alicyclic amines) is 1. The number of nitrogens with two attached hydrogens (primary N) is 1. The highest BCUT2D eigenvalue weighted by Gasteiger charge is 2.32. The summed E-state index contributed by atoms with van der Waals surface area (Å²) in [5.74, 6) is 0.539. The van der Waals surface area contributed by atoms with E-state index < -0.39 is 0 Å². The molecule has 2 atom stereocenters. The van der Waals surface area contributed by atoms with E-state index >= 15 is 0 Å². The number of likely N-dealkylation sites (N-methyl/N-ethyl adjacent to an activating group) is 1. The lowest BCUT2D eigenvalue weighted by Gasteiger charge is -2.22. The van der Waals surface area contributed by atoms with Crippen LogP contribution in [0.1, 0.15) is 25.3 Å². The zero-order chi connectivity index (χ0) is 14.5. The Morgan fingerprint density at radius 1 is 1.24 bits per heavy atom. The summed E-state index contributed by atoms with van der Waals surface area (Å²) in [6, 6.07) is 10.5. The molecule has 2 rings (SSSR count). The molecule has 5 heteroatoms. The second-order valence-corrected chi connectivity index (χ2v) is 5.44. The maximum Gasteiger partial charge on any atom is 0.236 e. The van der Waals surface area contributed by atoms with Crippen molar-refractivity contribution in [2.45, 2.75) is 25.8 Å². The Morgan fingerprint density at radius 3 is 2.43 bits per heavy atom. The summed E-state index contributed by atoms with van der Waals surface area (Å²) in [5.41, 5.74) is 7.53. The van der Waals surface area contributed by atoms with Crippen molar-refractivity contribution in [3.8, 4) is 0 Å². The lowest BCUT2D eigenvalue weighted by atomic mass is 9.95. The summed E-state index contributed by atoms with van der Waals surface area (Å²) >= 11 is 0. The third kappa shape index (κ3) is 4.43. The van der Waals surface area contributed by atoms with Crippen molar-refractivity contribution in [1.82, 2.24) is 9.80 Å². The van der Waals surface area contributed by atoms with Gasteiger partial charge in [0.2, 0.25) is 5.91 Å². The molecule has 1 saturated heterocycles. The van der Waals surface area contributed by atoms with Crippen LogP contribution in [0.25, 0.3) is 0 Å². The van der Waals surface area contributed by atoms with Gasteiger partial charge in [0.05, 0.1) is 6.54 Å². The van der Waals surface area contributed by atoms with Crippen LogP contribution in [0.5, 0.6) is 0 Å². The molecule has 2 N–H and O–H groups in total. The lowest BCUT2D eigenvalue weighted by molar-refractivity contribution is -0.131. The fourth-order valence-electron chi connectivity index (χ4n) is 2.96. The van der Waals surface area contributed by atoms with Gasteiger partial charge in [-0.05, 0) is 19.4 Å². The van der Waals surface area contributed by atoms with Crippen LogP contribution >= 0.6 is 12.4 Å². The van der Waals surface area contributed by atoms with Crippen molar-refractivity contribution in [1.29, 1.82) is 0 Å². The number of amides is 1. The maximum absolute atomic E-state index is 12.2. The second-order valence-electron chi connectivity index (χ2n) is 5.44. The van der Waals surface area contributed by atoms with Crippen molar-refractivity contribution < 1.29 is 4.79 Å². The van der Waals surface area contributed by atoms with Crippen molar-refractivity contribution >= 4 is 18.3 Å². The fourth-order valence-corrected chi connectivity index (χ4v) is 2.96. The molecule has 0 aliphatic carbocycles. The normalized spacial score (nSPS) is 21.9. The predicted octanol–water partition coefficient (Wildman–Crippen LogP) is 1.70. The summed E-state index contributed by atoms with van der Waals surface area (Å²) in [4.78, 5) is 16.2. The van der Waals surface area contributed by atoms with Gasteiger partial charge in [-0.3, -0.25) is 9.69 Å². The molecule has 0 spiro atoms. The Bertz CT molecular complexity index is 436. The Morgan fingerprint density at radius 2 is 1.86 bits per heavy atom. The van der Waals surface area contributed by atoms with E-state index in [0.717, 1.165) is 26.2 Å². The van der Waals surface area contributed by atoms with Gasteiger partial charge in [-0.1, -0.05) is 30.3 Å². The van der Waals surface area contributed by atoms with Gasteiger partial charge < -0.3 is 10.6 Å². The summed E-state index contributed by atoms with van der Waals surface area (Å²) in [6.45, 7) is 7.74. The first-order valence-corrected chi connectivity index (χ1v) is 7.46. The Balaban J connectivity index is 0.00000220. The highest BCUT2D eigenvalue weighted by molar-refractivity contribution is 5.85. The zero-order valence-corrected chi connectivity index (χ0v) is 13.7. The minimum Gasteiger partial charge on any atom is -0.342 e. The molecule has 1 amide bonds. The molecule has 1 aromatic carbocycles. The number of hydrogen-bond acceptors (Lipinski definition) is 3. The summed E-state index contributed by atoms with van der Waals surface area (Å²) < 4.78 is 0. The first kappa shape index (κ1) is 18.0. The lowest BCUT2D eigenvalue weighted by Crippen LogP contribution is -2.40. The van der Waals surface area contributed by atoms with E-state index in [0.29, 0.717) is 12.5 Å². The predicted molar refractivity (Wildman–Crippen MR) is 88.8 cm³/mol. The van der Waals surface area contributed by atoms with Crippen LogP contribution in [-0.4, -0.2) is 54.5 Å². The van der Waals surface area contributed by atoms with Gasteiger partial charge in [-0.2, -0.15) is 0 Å². The molecule has 118 valence electrons. The molecule has 1 aliphatic heterocycles. The van der Waals surface area contributed by atoms with E-state index in [1.54, 1.807) is 0 Å². The number of nitrogens with zero attached hydrogens (tertiary/aromatic N) is 2. The molecule has 0 saturated carbocycles. The van der Waals surface area contributed by atoms with Crippen LogP contribution in [0.15, 0.2) is 30.3 Å². The standard InChI is InChI=1S/C16H25N3O.ClH/c1-3-19(4-2)16(20)12-18-10-14(15(17)11-18)13-8-6-5-7-9-13;/h5-9,14-15H,3-4,10-12,17H2,1-2H3;1H/t14-,15+;/m0./s1. The smallest absolute Gasteiger partial charge is 0.236 e. The maximum atomic E-state index is 12.2. The van der Waals surface area contributed by atoms with Gasteiger partial charge in [-0.25, -0.2) is 0 Å². The first-order valence-electron chi connectivity index (χ1n) is 7.46. The van der Waals surface area contributed by atoms with Crippen molar-refractivity contribution in [2.24, 2.45) is 5.73 Å². The van der Waals surface area contributed by atoms with E-state index in [2.05, 4.69) is 17.0 Å². The van der Waals surface area contributed by atoms with Gasteiger partial charge in [-0.15, -0.1) is 12.4 Å². The SMILES string of the molecule is CCN(CC)C(=O)CN1C[C@@H](N)[C@H](c2ccccc2)C1.Cl. The van der Waals surface area contributed by atoms with Crippen molar-refractivity contribution in [3.05, 3.63) is 35.9 Å². The summed E-state index contributed by atoms with van der Waals surface area (Å²) in [7, 11) is 0. The molecule has 0 aromatic heterocycles. The molecule has 21 heavy (non-hydrogen) atoms. The number of hydrogen-bond donors (Lipinski definition) is 1. The molecule has 1 aliphatic rings. The summed E-state index contributed by atoms with van der Waals surface area (Å²) in [5, 5.41) is 0. The highest BCUT2D eigenvalue weighted by Crippen LogP contribution is 2.26. The van der Waals surface area contributed by atoms with Crippen LogP contribution in [0, 0.1) is 0 Å². The first-order chi connectivity index (χ1) is 9.65. The van der Waals surface area contributed by atoms with Crippen LogP contribution in [0.3, 0.4) is 0 Å². The Labute approximate surface area is 133 Å². The fraction of sp³-hybridized carbons (Fsp3) is 0.562. The molecular weight excluding hydrogens is 286 g/mol. The number of carbonyl (C=O) groups excluding carboxylic acids is 1. The van der Waals surface area contributed by atoms with Gasteiger partial charge in [0.25, 0.3) is 0 Å². The second kappa shape index (κ2) is 8.37. The van der Waals surface area contributed by atoms with E-state index in [4.69, 9.17) is 5.73 Å². The molecule has 1 fully saturated rings. The van der Waals surface area contributed by atoms with Crippen molar-refractivity contribution in [3.63, 3.8) is 0 Å². The molecule has 0 bridgehead atoms. The topological polar surface area (TPSA) is 49.6 Å². The minimum atomic E-state index is 0. The van der Waals surface area contributed by atoms with Crippen LogP contribution in [0.2, 0.25) is 0 Å². The number of carbonyl (C=O) groups is 1. The third-order valence-corrected chi connectivity index (χ3v) is 4.14. The zero-order valence-electron chi connectivity index (χ0n) is 12.9. The van der Waals surface area contributed by atoms with Gasteiger partial charge in [0.1, 0.15) is 0 Å². The Kier molecular flexibility index (Phi) is 7.15. The highest BCUT2D eigenvalue weighted by atomic mass is 35.5. The molecule has 0 radical (unpaired) electrons. The molecule has 1 heterocycles. The average Bonchev–Trinajstić information content (AvgIpc) is 2.82. The number of halogens is 1. The quantitative estimate of drug-likeness (QED) is 0.900. The molecule has 0 unspecified atom stereocenters.